The summed E-state index contributed by atoms with van der Waals surface area (Å²) in [6, 6.07) is 5.19. The van der Waals surface area contributed by atoms with E-state index in [4.69, 9.17) is 0 Å². The molecule has 3 rings (SSSR count). The van der Waals surface area contributed by atoms with Crippen LogP contribution in [0.1, 0.15) is 29.3 Å². The van der Waals surface area contributed by atoms with Crippen molar-refractivity contribution in [3.8, 4) is 0 Å². The van der Waals surface area contributed by atoms with Gasteiger partial charge in [0.2, 0.25) is 5.91 Å². The van der Waals surface area contributed by atoms with E-state index in [0.29, 0.717) is 18.2 Å². The van der Waals surface area contributed by atoms with E-state index in [1.807, 2.05) is 4.90 Å². The number of thioether (sulfide) groups is 1. The lowest BCUT2D eigenvalue weighted by Crippen LogP contribution is -2.38. The van der Waals surface area contributed by atoms with Gasteiger partial charge >= 0.3 is 6.18 Å². The largest absolute Gasteiger partial charge is 0.416 e. The van der Waals surface area contributed by atoms with Gasteiger partial charge in [-0.3, -0.25) is 4.79 Å². The highest BCUT2D eigenvalue weighted by atomic mass is 32.2. The van der Waals surface area contributed by atoms with E-state index in [1.54, 1.807) is 0 Å². The highest BCUT2D eigenvalue weighted by molar-refractivity contribution is 8.00. The fraction of sp³-hybridized carbons (Fsp3) is 0.562. The maximum atomic E-state index is 12.7. The predicted octanol–water partition coefficient (Wildman–Crippen LogP) is 3.28. The van der Waals surface area contributed by atoms with Crippen LogP contribution < -0.4 is 5.32 Å². The first-order valence-electron chi connectivity index (χ1n) is 7.74. The summed E-state index contributed by atoms with van der Waals surface area (Å²) in [5.41, 5.74) is 0.114. The second kappa shape index (κ2) is 6.73. The molecule has 3 nitrogen and oxygen atoms in total. The Morgan fingerprint density at radius 1 is 1.17 bits per heavy atom. The molecule has 0 saturated carbocycles. The van der Waals surface area contributed by atoms with Gasteiger partial charge < -0.3 is 10.2 Å². The zero-order valence-electron chi connectivity index (χ0n) is 12.6. The Labute approximate surface area is 137 Å². The van der Waals surface area contributed by atoms with E-state index < -0.39 is 11.7 Å². The van der Waals surface area contributed by atoms with Crippen molar-refractivity contribution in [1.29, 1.82) is 0 Å². The van der Waals surface area contributed by atoms with Crippen LogP contribution in [0, 0.1) is 5.92 Å². The van der Waals surface area contributed by atoms with Crippen molar-refractivity contribution in [2.75, 3.05) is 25.4 Å². The number of amides is 1. The van der Waals surface area contributed by atoms with Crippen molar-refractivity contribution >= 4 is 17.7 Å². The van der Waals surface area contributed by atoms with Crippen LogP contribution >= 0.6 is 11.8 Å². The lowest BCUT2D eigenvalue weighted by Gasteiger charge is -2.31. The summed E-state index contributed by atoms with van der Waals surface area (Å²) in [5, 5.41) is 3.13. The lowest BCUT2D eigenvalue weighted by molar-refractivity contribution is -0.137. The number of piperidine rings is 1. The van der Waals surface area contributed by atoms with Crippen LogP contribution in [0.4, 0.5) is 13.2 Å². The lowest BCUT2D eigenvalue weighted by atomic mass is 9.97. The van der Waals surface area contributed by atoms with Gasteiger partial charge in [0.1, 0.15) is 5.37 Å². The summed E-state index contributed by atoms with van der Waals surface area (Å²) >= 11 is 1.49. The molecule has 0 bridgehead atoms. The monoisotopic (exact) mass is 344 g/mol. The van der Waals surface area contributed by atoms with Crippen LogP contribution in [0.25, 0.3) is 0 Å². The van der Waals surface area contributed by atoms with Crippen molar-refractivity contribution in [2.24, 2.45) is 5.92 Å². The first kappa shape index (κ1) is 16.6. The molecule has 1 unspecified atom stereocenters. The molecule has 126 valence electrons. The number of hydrogen-bond donors (Lipinski definition) is 1. The maximum Gasteiger partial charge on any atom is 0.416 e. The summed E-state index contributed by atoms with van der Waals surface area (Å²) in [6.07, 6.45) is -2.26. The first-order valence-corrected chi connectivity index (χ1v) is 8.79. The number of rotatable bonds is 3. The van der Waals surface area contributed by atoms with E-state index in [9.17, 15) is 18.0 Å². The Kier molecular flexibility index (Phi) is 4.87. The molecule has 2 saturated heterocycles. The minimum absolute atomic E-state index is 0.0819. The molecule has 0 aliphatic carbocycles. The van der Waals surface area contributed by atoms with Crippen LogP contribution in [-0.2, 0) is 11.0 Å². The second-order valence-electron chi connectivity index (χ2n) is 6.02. The number of hydrogen-bond acceptors (Lipinski definition) is 3. The van der Waals surface area contributed by atoms with E-state index in [2.05, 4.69) is 5.32 Å². The minimum Gasteiger partial charge on any atom is -0.326 e. The van der Waals surface area contributed by atoms with E-state index in [0.717, 1.165) is 43.6 Å². The Morgan fingerprint density at radius 3 is 2.43 bits per heavy atom. The van der Waals surface area contributed by atoms with E-state index >= 15 is 0 Å². The highest BCUT2D eigenvalue weighted by Crippen LogP contribution is 2.40. The van der Waals surface area contributed by atoms with Crippen molar-refractivity contribution in [3.63, 3.8) is 0 Å². The summed E-state index contributed by atoms with van der Waals surface area (Å²) in [6.45, 7) is 2.62. The average Bonchev–Trinajstić information content (AvgIpc) is 2.89. The van der Waals surface area contributed by atoms with Gasteiger partial charge in [-0.25, -0.2) is 0 Å². The van der Waals surface area contributed by atoms with Crippen LogP contribution in [0.2, 0.25) is 0 Å². The van der Waals surface area contributed by atoms with Gasteiger partial charge in [0.25, 0.3) is 0 Å². The zero-order chi connectivity index (χ0) is 16.4. The molecule has 0 spiro atoms. The molecule has 1 atom stereocenters. The van der Waals surface area contributed by atoms with Gasteiger partial charge in [0.15, 0.2) is 0 Å². The normalized spacial score (nSPS) is 23.5. The number of carbonyl (C=O) groups excluding carboxylic acids is 1. The molecule has 1 aromatic rings. The topological polar surface area (TPSA) is 32.3 Å². The van der Waals surface area contributed by atoms with Gasteiger partial charge in [0.05, 0.1) is 11.3 Å². The number of nitrogens with zero attached hydrogens (tertiary/aromatic N) is 1. The van der Waals surface area contributed by atoms with Crippen LogP contribution in [0.3, 0.4) is 0 Å². The molecule has 2 aliphatic rings. The van der Waals surface area contributed by atoms with Gasteiger partial charge in [-0.2, -0.15) is 13.2 Å². The number of alkyl halides is 3. The molecule has 1 aromatic carbocycles. The van der Waals surface area contributed by atoms with Crippen molar-refractivity contribution < 1.29 is 18.0 Å². The van der Waals surface area contributed by atoms with Crippen molar-refractivity contribution in [2.45, 2.75) is 24.4 Å². The molecule has 0 radical (unpaired) electrons. The summed E-state index contributed by atoms with van der Waals surface area (Å²) in [7, 11) is 0. The Hall–Kier alpha value is -1.21. The molecule has 1 amide bonds. The third-order valence-corrected chi connectivity index (χ3v) is 5.66. The molecule has 2 aliphatic heterocycles. The predicted molar refractivity (Wildman–Crippen MR) is 83.9 cm³/mol. The van der Waals surface area contributed by atoms with Crippen LogP contribution in [-0.4, -0.2) is 36.2 Å². The van der Waals surface area contributed by atoms with Crippen molar-refractivity contribution in [1.82, 2.24) is 10.2 Å². The molecule has 23 heavy (non-hydrogen) atoms. The first-order chi connectivity index (χ1) is 10.9. The van der Waals surface area contributed by atoms with Crippen LogP contribution in [0.5, 0.6) is 0 Å². The van der Waals surface area contributed by atoms with Gasteiger partial charge in [-0.05, 0) is 49.5 Å². The molecule has 1 N–H and O–H groups in total. The summed E-state index contributed by atoms with van der Waals surface area (Å²) in [5.74, 6) is 0.950. The molecule has 2 heterocycles. The fourth-order valence-corrected chi connectivity index (χ4v) is 4.31. The molecular formula is C16H19F3N2OS. The minimum atomic E-state index is -4.33. The molecular weight excluding hydrogens is 325 g/mol. The molecule has 2 fully saturated rings. The summed E-state index contributed by atoms with van der Waals surface area (Å²) < 4.78 is 38.0. The van der Waals surface area contributed by atoms with E-state index in [1.165, 1.54) is 23.9 Å². The smallest absolute Gasteiger partial charge is 0.326 e. The fourth-order valence-electron chi connectivity index (χ4n) is 3.11. The molecule has 7 heteroatoms. The standard InChI is InChI=1S/C16H19F3N2OS/c17-16(18,19)13-3-1-12(2-4-13)15-21(14(22)10-23-15)9-11-5-7-20-8-6-11/h1-4,11,15,20H,5-10H2. The third-order valence-electron chi connectivity index (χ3n) is 4.40. The van der Waals surface area contributed by atoms with Gasteiger partial charge in [0, 0.05) is 6.54 Å². The Balaban J connectivity index is 1.73. The molecule has 0 aromatic heterocycles. The second-order valence-corrected chi connectivity index (χ2v) is 7.09. The average molecular weight is 344 g/mol. The number of nitrogens with one attached hydrogen (secondary N) is 1. The van der Waals surface area contributed by atoms with E-state index in [-0.39, 0.29) is 11.3 Å². The SMILES string of the molecule is O=C1CSC(c2ccc(C(F)(F)F)cc2)N1CC1CCNCC1. The van der Waals surface area contributed by atoms with Crippen LogP contribution in [0.15, 0.2) is 24.3 Å². The quantitative estimate of drug-likeness (QED) is 0.913. The number of halogens is 3. The maximum absolute atomic E-state index is 12.7. The van der Waals surface area contributed by atoms with Crippen molar-refractivity contribution in [3.05, 3.63) is 35.4 Å². The number of benzene rings is 1. The summed E-state index contributed by atoms with van der Waals surface area (Å²) in [4.78, 5) is 14.0. The van der Waals surface area contributed by atoms with Gasteiger partial charge in [-0.1, -0.05) is 12.1 Å². The zero-order valence-corrected chi connectivity index (χ0v) is 13.4. The number of carbonyl (C=O) groups is 1. The Bertz CT molecular complexity index is 555. The van der Waals surface area contributed by atoms with Gasteiger partial charge in [-0.15, -0.1) is 11.8 Å². The highest BCUT2D eigenvalue weighted by Gasteiger charge is 2.35. The Morgan fingerprint density at radius 2 is 1.83 bits per heavy atom. The third kappa shape index (κ3) is 3.83.